The Bertz CT molecular complexity index is 980. The highest BCUT2D eigenvalue weighted by atomic mass is 35.5. The van der Waals surface area contributed by atoms with Gasteiger partial charge >= 0.3 is 6.09 Å². The maximum absolute atomic E-state index is 14.9. The number of rotatable bonds is 6. The van der Waals surface area contributed by atoms with Gasteiger partial charge in [0.25, 0.3) is 0 Å². The van der Waals surface area contributed by atoms with E-state index in [0.29, 0.717) is 22.4 Å². The van der Waals surface area contributed by atoms with Crippen molar-refractivity contribution in [3.05, 3.63) is 53.3 Å². The van der Waals surface area contributed by atoms with Gasteiger partial charge in [0.1, 0.15) is 11.9 Å². The summed E-state index contributed by atoms with van der Waals surface area (Å²) in [6.07, 6.45) is 0.767. The summed E-state index contributed by atoms with van der Waals surface area (Å²) in [4.78, 5) is 26.7. The second-order valence-corrected chi connectivity index (χ2v) is 8.54. The fraction of sp³-hybridized carbons (Fsp3) is 0.391. The molecule has 0 aromatic heterocycles. The normalized spacial score (nSPS) is 19.1. The molecule has 32 heavy (non-hydrogen) atoms. The van der Waals surface area contributed by atoms with Gasteiger partial charge in [-0.05, 0) is 55.3 Å². The summed E-state index contributed by atoms with van der Waals surface area (Å²) in [5.74, 6) is -0.563. The number of cyclic esters (lactones) is 1. The number of piperidine rings is 1. The van der Waals surface area contributed by atoms with Gasteiger partial charge in [0.05, 0.1) is 24.5 Å². The van der Waals surface area contributed by atoms with Crippen molar-refractivity contribution in [3.63, 3.8) is 0 Å². The molecule has 9 heteroatoms. The third-order valence-electron chi connectivity index (χ3n) is 5.75. The molecule has 2 saturated heterocycles. The van der Waals surface area contributed by atoms with Crippen molar-refractivity contribution in [2.75, 3.05) is 41.3 Å². The Morgan fingerprint density at radius 1 is 1.19 bits per heavy atom. The van der Waals surface area contributed by atoms with E-state index in [-0.39, 0.29) is 24.8 Å². The van der Waals surface area contributed by atoms with Crippen LogP contribution in [0.1, 0.15) is 19.8 Å². The fourth-order valence-corrected chi connectivity index (χ4v) is 4.19. The molecular weight excluding hydrogens is 435 g/mol. The molecule has 2 amide bonds. The summed E-state index contributed by atoms with van der Waals surface area (Å²) in [5.41, 5.74) is 2.00. The number of hydrogen-bond acceptors (Lipinski definition) is 5. The van der Waals surface area contributed by atoms with Crippen LogP contribution < -0.4 is 20.4 Å². The van der Waals surface area contributed by atoms with Crippen LogP contribution in [0.15, 0.2) is 42.5 Å². The third kappa shape index (κ3) is 5.24. The minimum Gasteiger partial charge on any atom is -0.442 e. The van der Waals surface area contributed by atoms with Crippen molar-refractivity contribution in [1.82, 2.24) is 5.32 Å². The Kier molecular flexibility index (Phi) is 6.69. The number of amides is 2. The predicted molar refractivity (Wildman–Crippen MR) is 123 cm³/mol. The van der Waals surface area contributed by atoms with E-state index in [1.807, 2.05) is 29.2 Å². The third-order valence-corrected chi connectivity index (χ3v) is 6.00. The SMILES string of the molecule is CC(=O)NC[C@H]1CN(c2ccc(N3CCC(Nc4ccc(Cl)cc4)CC3)c(F)c2)C(=O)O1. The van der Waals surface area contributed by atoms with Crippen LogP contribution in [0.5, 0.6) is 0 Å². The predicted octanol–water partition coefficient (Wildman–Crippen LogP) is 4.02. The molecule has 0 saturated carbocycles. The number of benzene rings is 2. The van der Waals surface area contributed by atoms with Crippen molar-refractivity contribution in [2.45, 2.75) is 31.9 Å². The van der Waals surface area contributed by atoms with E-state index in [4.69, 9.17) is 16.3 Å². The molecule has 0 bridgehead atoms. The van der Waals surface area contributed by atoms with E-state index in [9.17, 15) is 14.0 Å². The highest BCUT2D eigenvalue weighted by Crippen LogP contribution is 2.30. The molecule has 0 spiro atoms. The molecule has 2 aliphatic heterocycles. The van der Waals surface area contributed by atoms with Crippen LogP contribution in [0.3, 0.4) is 0 Å². The Labute approximate surface area is 191 Å². The molecule has 2 aromatic rings. The van der Waals surface area contributed by atoms with Gasteiger partial charge in [0.15, 0.2) is 0 Å². The highest BCUT2D eigenvalue weighted by molar-refractivity contribution is 6.30. The Hall–Kier alpha value is -3.00. The van der Waals surface area contributed by atoms with Gasteiger partial charge in [-0.2, -0.15) is 0 Å². The van der Waals surface area contributed by atoms with Crippen molar-refractivity contribution >= 4 is 40.7 Å². The zero-order valence-electron chi connectivity index (χ0n) is 17.8. The van der Waals surface area contributed by atoms with E-state index >= 15 is 0 Å². The summed E-state index contributed by atoms with van der Waals surface area (Å²) in [6.45, 7) is 3.36. The Morgan fingerprint density at radius 3 is 2.56 bits per heavy atom. The lowest BCUT2D eigenvalue weighted by Crippen LogP contribution is -2.39. The molecule has 7 nitrogen and oxygen atoms in total. The summed E-state index contributed by atoms with van der Waals surface area (Å²) >= 11 is 5.94. The topological polar surface area (TPSA) is 73.9 Å². The van der Waals surface area contributed by atoms with Crippen LogP contribution in [0.25, 0.3) is 0 Å². The zero-order chi connectivity index (χ0) is 22.7. The molecule has 2 fully saturated rings. The second kappa shape index (κ2) is 9.65. The first kappa shape index (κ1) is 22.2. The van der Waals surface area contributed by atoms with Crippen LogP contribution in [-0.2, 0) is 9.53 Å². The van der Waals surface area contributed by atoms with Gasteiger partial charge in [0, 0.05) is 36.8 Å². The Balaban J connectivity index is 1.34. The maximum Gasteiger partial charge on any atom is 0.414 e. The molecule has 0 aliphatic carbocycles. The second-order valence-electron chi connectivity index (χ2n) is 8.10. The van der Waals surface area contributed by atoms with Crippen molar-refractivity contribution in [1.29, 1.82) is 0 Å². The number of carbonyl (C=O) groups excluding carboxylic acids is 2. The number of carbonyl (C=O) groups is 2. The minimum atomic E-state index is -0.540. The first-order valence-electron chi connectivity index (χ1n) is 10.7. The number of ether oxygens (including phenoxy) is 1. The first-order valence-corrected chi connectivity index (χ1v) is 11.1. The number of hydrogen-bond donors (Lipinski definition) is 2. The molecule has 1 atom stereocenters. The molecular formula is C23H26ClFN4O3. The number of anilines is 3. The van der Waals surface area contributed by atoms with E-state index in [1.165, 1.54) is 17.9 Å². The zero-order valence-corrected chi connectivity index (χ0v) is 18.6. The van der Waals surface area contributed by atoms with Crippen LogP contribution in [0.2, 0.25) is 5.02 Å². The molecule has 170 valence electrons. The van der Waals surface area contributed by atoms with Crippen molar-refractivity contribution < 1.29 is 18.7 Å². The average molecular weight is 461 g/mol. The summed E-state index contributed by atoms with van der Waals surface area (Å²) in [7, 11) is 0. The summed E-state index contributed by atoms with van der Waals surface area (Å²) in [5, 5.41) is 6.84. The summed E-state index contributed by atoms with van der Waals surface area (Å²) in [6, 6.07) is 12.8. The van der Waals surface area contributed by atoms with Gasteiger partial charge in [-0.3, -0.25) is 9.69 Å². The summed E-state index contributed by atoms with van der Waals surface area (Å²) < 4.78 is 20.2. The molecule has 2 aliphatic rings. The lowest BCUT2D eigenvalue weighted by atomic mass is 10.0. The van der Waals surface area contributed by atoms with Crippen molar-refractivity contribution in [2.24, 2.45) is 0 Å². The maximum atomic E-state index is 14.9. The quantitative estimate of drug-likeness (QED) is 0.681. The average Bonchev–Trinajstić information content (AvgIpc) is 3.15. The van der Waals surface area contributed by atoms with Gasteiger partial charge < -0.3 is 20.3 Å². The molecule has 2 heterocycles. The van der Waals surface area contributed by atoms with Crippen LogP contribution in [0.4, 0.5) is 26.2 Å². The molecule has 2 N–H and O–H groups in total. The largest absolute Gasteiger partial charge is 0.442 e. The van der Waals surface area contributed by atoms with Gasteiger partial charge in [0.2, 0.25) is 5.91 Å². The monoisotopic (exact) mass is 460 g/mol. The van der Waals surface area contributed by atoms with Gasteiger partial charge in [-0.15, -0.1) is 0 Å². The molecule has 0 radical (unpaired) electrons. The van der Waals surface area contributed by atoms with Gasteiger partial charge in [-0.25, -0.2) is 9.18 Å². The molecule has 0 unspecified atom stereocenters. The van der Waals surface area contributed by atoms with Crippen LogP contribution >= 0.6 is 11.6 Å². The molecule has 2 aromatic carbocycles. The minimum absolute atomic E-state index is 0.193. The lowest BCUT2D eigenvalue weighted by Gasteiger charge is -2.34. The highest BCUT2D eigenvalue weighted by Gasteiger charge is 2.33. The number of nitrogens with one attached hydrogen (secondary N) is 2. The smallest absolute Gasteiger partial charge is 0.414 e. The fourth-order valence-electron chi connectivity index (χ4n) is 4.06. The van der Waals surface area contributed by atoms with Crippen LogP contribution in [0, 0.1) is 5.82 Å². The van der Waals surface area contributed by atoms with E-state index in [1.54, 1.807) is 12.1 Å². The van der Waals surface area contributed by atoms with E-state index < -0.39 is 12.2 Å². The van der Waals surface area contributed by atoms with Crippen LogP contribution in [-0.4, -0.2) is 50.3 Å². The number of halogens is 2. The Morgan fingerprint density at radius 2 is 1.91 bits per heavy atom. The molecule has 4 rings (SSSR count). The number of nitrogens with zero attached hydrogens (tertiary/aromatic N) is 2. The van der Waals surface area contributed by atoms with E-state index in [2.05, 4.69) is 10.6 Å². The lowest BCUT2D eigenvalue weighted by molar-refractivity contribution is -0.119. The standard InChI is InChI=1S/C23H26ClFN4O3/c1-15(30)26-13-20-14-29(23(31)32-20)19-6-7-22(21(25)12-19)28-10-8-18(9-11-28)27-17-4-2-16(24)3-5-17/h2-7,12,18,20,27H,8-11,13-14H2,1H3,(H,26,30)/t20-/m0/s1. The van der Waals surface area contributed by atoms with Crippen molar-refractivity contribution in [3.8, 4) is 0 Å². The van der Waals surface area contributed by atoms with E-state index in [0.717, 1.165) is 31.6 Å². The van der Waals surface area contributed by atoms with Gasteiger partial charge in [-0.1, -0.05) is 11.6 Å². The first-order chi connectivity index (χ1) is 15.4.